The van der Waals surface area contributed by atoms with Crippen molar-refractivity contribution in [1.29, 1.82) is 0 Å². The first-order chi connectivity index (χ1) is 21.2. The Morgan fingerprint density at radius 1 is 0.457 bits per heavy atom. The standard InChI is InChI=1S/C30H62O.C6H8O7.2K/c1-2-3-4-5-6-7-8-9-10-11-12-13-14-15-16-17-18-19-20-21-22-23-24-25-26-27-28-29-30-31;7-3(8)1-6(13,5(11)12)2-4(9)10;;/h31H,2-30H2,1H3;13H,1-2H2,(H,7,8)(H,9,10)(H,11,12);;/q;;2*+1/p-2. The summed E-state index contributed by atoms with van der Waals surface area (Å²) in [5.74, 6) is -5.65. The molecule has 10 heteroatoms. The number of carboxylic acid groups (broad SMARTS) is 3. The molecule has 0 fully saturated rings. The van der Waals surface area contributed by atoms with Crippen LogP contribution in [0.4, 0.5) is 0 Å². The van der Waals surface area contributed by atoms with Crippen molar-refractivity contribution >= 4 is 17.9 Å². The van der Waals surface area contributed by atoms with Gasteiger partial charge in [0.15, 0.2) is 5.60 Å². The predicted molar refractivity (Wildman–Crippen MR) is 174 cm³/mol. The minimum absolute atomic E-state index is 0. The van der Waals surface area contributed by atoms with Gasteiger partial charge >= 0.3 is 109 Å². The van der Waals surface area contributed by atoms with Gasteiger partial charge in [0.1, 0.15) is 0 Å². The summed E-state index contributed by atoms with van der Waals surface area (Å²) in [7, 11) is 0. The molecule has 0 aliphatic rings. The number of hydrogen-bond donors (Lipinski definition) is 3. The van der Waals surface area contributed by atoms with E-state index in [-0.39, 0.29) is 103 Å². The molecule has 46 heavy (non-hydrogen) atoms. The van der Waals surface area contributed by atoms with E-state index >= 15 is 0 Å². The van der Waals surface area contributed by atoms with Gasteiger partial charge in [0.05, 0.1) is 0 Å². The van der Waals surface area contributed by atoms with Crippen LogP contribution in [0.1, 0.15) is 200 Å². The van der Waals surface area contributed by atoms with E-state index in [9.17, 15) is 24.6 Å². The molecular weight excluding hydrogens is 639 g/mol. The molecule has 3 N–H and O–H groups in total. The number of carbonyl (C=O) groups is 3. The third-order valence-electron chi connectivity index (χ3n) is 8.28. The summed E-state index contributed by atoms with van der Waals surface area (Å²) in [5, 5.41) is 46.0. The first-order valence-corrected chi connectivity index (χ1v) is 18.2. The monoisotopic (exact) mass is 706 g/mol. The van der Waals surface area contributed by atoms with Crippen LogP contribution in [0.2, 0.25) is 0 Å². The van der Waals surface area contributed by atoms with E-state index in [2.05, 4.69) is 6.92 Å². The normalized spacial score (nSPS) is 10.8. The van der Waals surface area contributed by atoms with Crippen molar-refractivity contribution in [3.05, 3.63) is 0 Å². The molecule has 0 spiro atoms. The molecule has 0 aromatic carbocycles. The zero-order valence-electron chi connectivity index (χ0n) is 30.3. The van der Waals surface area contributed by atoms with Crippen molar-refractivity contribution in [2.45, 2.75) is 205 Å². The van der Waals surface area contributed by atoms with Crippen LogP contribution in [0.5, 0.6) is 0 Å². The second-order valence-electron chi connectivity index (χ2n) is 12.7. The molecular formula is C36H68K2O8. The Labute approximate surface area is 367 Å². The summed E-state index contributed by atoms with van der Waals surface area (Å²) in [6.45, 7) is 2.68. The number of carbonyl (C=O) groups excluding carboxylic acids is 2. The predicted octanol–water partition coefficient (Wildman–Crippen LogP) is 1.01. The molecule has 0 bridgehead atoms. The smallest absolute Gasteiger partial charge is 0.550 e. The Morgan fingerprint density at radius 3 is 0.804 bits per heavy atom. The molecule has 0 saturated carbocycles. The molecule has 0 aliphatic carbocycles. The first kappa shape index (κ1) is 54.4. The molecule has 0 aromatic heterocycles. The van der Waals surface area contributed by atoms with Gasteiger partial charge in [0, 0.05) is 31.4 Å². The van der Waals surface area contributed by atoms with Crippen molar-refractivity contribution in [2.24, 2.45) is 0 Å². The summed E-state index contributed by atoms with van der Waals surface area (Å²) >= 11 is 0. The van der Waals surface area contributed by atoms with Crippen LogP contribution in [-0.4, -0.2) is 45.4 Å². The van der Waals surface area contributed by atoms with E-state index in [0.717, 1.165) is 6.42 Å². The summed E-state index contributed by atoms with van der Waals surface area (Å²) < 4.78 is 0. The van der Waals surface area contributed by atoms with E-state index in [1.165, 1.54) is 173 Å². The van der Waals surface area contributed by atoms with E-state index < -0.39 is 36.4 Å². The van der Waals surface area contributed by atoms with Crippen LogP contribution >= 0.6 is 0 Å². The molecule has 262 valence electrons. The average molecular weight is 707 g/mol. The molecule has 0 atom stereocenters. The van der Waals surface area contributed by atoms with Crippen molar-refractivity contribution in [3.63, 3.8) is 0 Å². The second-order valence-corrected chi connectivity index (χ2v) is 12.7. The summed E-state index contributed by atoms with van der Waals surface area (Å²) in [6, 6.07) is 0. The van der Waals surface area contributed by atoms with Gasteiger partial charge in [-0.05, 0) is 6.42 Å². The first-order valence-electron chi connectivity index (χ1n) is 18.2. The Bertz CT molecular complexity index is 620. The summed E-state index contributed by atoms with van der Waals surface area (Å²) in [4.78, 5) is 30.2. The molecule has 0 aliphatic heterocycles. The second kappa shape index (κ2) is 42.8. The maximum absolute atomic E-state index is 10.3. The van der Waals surface area contributed by atoms with Crippen molar-refractivity contribution in [3.8, 4) is 0 Å². The van der Waals surface area contributed by atoms with Crippen LogP contribution in [0.15, 0.2) is 0 Å². The maximum atomic E-state index is 10.3. The number of rotatable bonds is 33. The third kappa shape index (κ3) is 43.6. The quantitative estimate of drug-likeness (QED) is 0.0675. The van der Waals surface area contributed by atoms with Gasteiger partial charge in [-0.1, -0.05) is 180 Å². The molecule has 0 saturated heterocycles. The summed E-state index contributed by atoms with van der Waals surface area (Å²) in [5.41, 5.74) is -2.86. The summed E-state index contributed by atoms with van der Waals surface area (Å²) in [6.07, 6.45) is 37.5. The van der Waals surface area contributed by atoms with E-state index in [1.807, 2.05) is 0 Å². The number of aliphatic carboxylic acids is 3. The molecule has 0 radical (unpaired) electrons. The average Bonchev–Trinajstić information content (AvgIpc) is 2.96. The largest absolute Gasteiger partial charge is 1.00 e. The zero-order chi connectivity index (χ0) is 33.2. The Morgan fingerprint density at radius 2 is 0.652 bits per heavy atom. The number of carboxylic acids is 3. The molecule has 8 nitrogen and oxygen atoms in total. The number of hydrogen-bond acceptors (Lipinski definition) is 7. The fraction of sp³-hybridized carbons (Fsp3) is 0.917. The Kier molecular flexibility index (Phi) is 50.6. The molecule has 0 rings (SSSR count). The number of aliphatic hydroxyl groups excluding tert-OH is 1. The Balaban J connectivity index is -0.000000496. The third-order valence-corrected chi connectivity index (χ3v) is 8.28. The maximum Gasteiger partial charge on any atom is 1.00 e. The fourth-order valence-corrected chi connectivity index (χ4v) is 5.47. The van der Waals surface area contributed by atoms with E-state index in [4.69, 9.17) is 15.3 Å². The molecule has 0 aromatic rings. The Hall–Kier alpha value is 1.60. The SMILES string of the molecule is CCCCCCCCCCCCCCCCCCCCCCCCCCCCCCO.O=C([O-])CC(O)(CC(=O)[O-])C(=O)O.[K+].[K+]. The van der Waals surface area contributed by atoms with Gasteiger partial charge in [-0.25, -0.2) is 4.79 Å². The van der Waals surface area contributed by atoms with E-state index in [1.54, 1.807) is 0 Å². The van der Waals surface area contributed by atoms with Gasteiger partial charge in [-0.15, -0.1) is 0 Å². The van der Waals surface area contributed by atoms with E-state index in [0.29, 0.717) is 6.61 Å². The van der Waals surface area contributed by atoms with Crippen LogP contribution in [0.3, 0.4) is 0 Å². The molecule has 0 heterocycles. The number of aliphatic hydroxyl groups is 2. The molecule has 0 unspecified atom stereocenters. The van der Waals surface area contributed by atoms with Crippen molar-refractivity contribution in [1.82, 2.24) is 0 Å². The van der Waals surface area contributed by atoms with Crippen LogP contribution < -0.4 is 113 Å². The van der Waals surface area contributed by atoms with Gasteiger partial charge in [0.25, 0.3) is 0 Å². The fourth-order valence-electron chi connectivity index (χ4n) is 5.47. The van der Waals surface area contributed by atoms with Crippen molar-refractivity contribution < 1.29 is 143 Å². The minimum Gasteiger partial charge on any atom is -0.550 e. The topological polar surface area (TPSA) is 158 Å². The molecule has 0 amide bonds. The van der Waals surface area contributed by atoms with Crippen LogP contribution in [-0.2, 0) is 14.4 Å². The van der Waals surface area contributed by atoms with Gasteiger partial charge in [0.2, 0.25) is 0 Å². The minimum atomic E-state index is -2.86. The van der Waals surface area contributed by atoms with Crippen LogP contribution in [0, 0.1) is 0 Å². The number of unbranched alkanes of at least 4 members (excludes halogenated alkanes) is 27. The van der Waals surface area contributed by atoms with Gasteiger partial charge < -0.3 is 35.1 Å². The van der Waals surface area contributed by atoms with Gasteiger partial charge in [-0.2, -0.15) is 0 Å². The van der Waals surface area contributed by atoms with Crippen molar-refractivity contribution in [2.75, 3.05) is 6.61 Å². The van der Waals surface area contributed by atoms with Gasteiger partial charge in [-0.3, -0.25) is 0 Å². The van der Waals surface area contributed by atoms with Crippen LogP contribution in [0.25, 0.3) is 0 Å². The zero-order valence-corrected chi connectivity index (χ0v) is 36.5.